The van der Waals surface area contributed by atoms with Crippen LogP contribution < -0.4 is 10.6 Å². The molecule has 2 heterocycles. The molecule has 3 aromatic rings. The SMILES string of the molecule is CC(C)c1ccc(NC(=O)N2CCC[C@@H]2C(=O)Nc2ccn(-c3ccc(C(=O)O)cc3)n2)cc1. The van der Waals surface area contributed by atoms with Gasteiger partial charge in [-0.2, -0.15) is 5.10 Å². The summed E-state index contributed by atoms with van der Waals surface area (Å²) in [6, 6.07) is 14.7. The van der Waals surface area contributed by atoms with E-state index in [0.717, 1.165) is 6.42 Å². The number of likely N-dealkylation sites (tertiary alicyclic amines) is 1. The largest absolute Gasteiger partial charge is 0.478 e. The fraction of sp³-hybridized carbons (Fsp3) is 0.280. The molecule has 0 bridgehead atoms. The molecule has 1 saturated heterocycles. The number of carboxylic acid groups (broad SMARTS) is 1. The molecule has 9 heteroatoms. The fourth-order valence-electron chi connectivity index (χ4n) is 3.93. The molecular weight excluding hydrogens is 434 g/mol. The van der Waals surface area contributed by atoms with E-state index >= 15 is 0 Å². The molecule has 0 unspecified atom stereocenters. The smallest absolute Gasteiger partial charge is 0.335 e. The van der Waals surface area contributed by atoms with Crippen LogP contribution in [0, 0.1) is 0 Å². The third kappa shape index (κ3) is 5.09. The van der Waals surface area contributed by atoms with E-state index < -0.39 is 12.0 Å². The topological polar surface area (TPSA) is 117 Å². The first kappa shape index (κ1) is 23.0. The maximum atomic E-state index is 12.9. The zero-order valence-corrected chi connectivity index (χ0v) is 19.1. The third-order valence-corrected chi connectivity index (χ3v) is 5.86. The zero-order chi connectivity index (χ0) is 24.2. The van der Waals surface area contributed by atoms with Gasteiger partial charge in [0, 0.05) is 24.5 Å². The minimum Gasteiger partial charge on any atom is -0.478 e. The number of rotatable bonds is 6. The van der Waals surface area contributed by atoms with Crippen molar-refractivity contribution in [3.63, 3.8) is 0 Å². The van der Waals surface area contributed by atoms with Gasteiger partial charge >= 0.3 is 12.0 Å². The summed E-state index contributed by atoms with van der Waals surface area (Å²) in [5.74, 6) is -0.542. The molecule has 4 rings (SSSR count). The van der Waals surface area contributed by atoms with Crippen LogP contribution in [0.3, 0.4) is 0 Å². The highest BCUT2D eigenvalue weighted by atomic mass is 16.4. The Morgan fingerprint density at radius 3 is 2.35 bits per heavy atom. The van der Waals surface area contributed by atoms with Gasteiger partial charge in [0.2, 0.25) is 5.91 Å². The van der Waals surface area contributed by atoms with Crippen molar-refractivity contribution in [2.24, 2.45) is 0 Å². The molecule has 1 aliphatic rings. The second kappa shape index (κ2) is 9.78. The Labute approximate surface area is 197 Å². The van der Waals surface area contributed by atoms with Crippen LogP contribution in [0.5, 0.6) is 0 Å². The Kier molecular flexibility index (Phi) is 6.62. The van der Waals surface area contributed by atoms with Crippen molar-refractivity contribution in [1.29, 1.82) is 0 Å². The van der Waals surface area contributed by atoms with Crippen molar-refractivity contribution in [1.82, 2.24) is 14.7 Å². The number of hydrogen-bond donors (Lipinski definition) is 3. The predicted octanol–water partition coefficient (Wildman–Crippen LogP) is 4.33. The lowest BCUT2D eigenvalue weighted by molar-refractivity contribution is -0.119. The summed E-state index contributed by atoms with van der Waals surface area (Å²) in [4.78, 5) is 38.3. The Morgan fingerprint density at radius 1 is 1.00 bits per heavy atom. The quantitative estimate of drug-likeness (QED) is 0.505. The number of anilines is 2. The molecule has 0 saturated carbocycles. The number of carbonyl (C=O) groups excluding carboxylic acids is 2. The highest BCUT2D eigenvalue weighted by molar-refractivity contribution is 5.99. The maximum Gasteiger partial charge on any atom is 0.335 e. The number of nitrogens with one attached hydrogen (secondary N) is 2. The van der Waals surface area contributed by atoms with E-state index in [2.05, 4.69) is 29.6 Å². The first-order valence-corrected chi connectivity index (χ1v) is 11.2. The van der Waals surface area contributed by atoms with Crippen molar-refractivity contribution >= 4 is 29.4 Å². The van der Waals surface area contributed by atoms with Crippen LogP contribution in [0.4, 0.5) is 16.3 Å². The summed E-state index contributed by atoms with van der Waals surface area (Å²) < 4.78 is 1.54. The van der Waals surface area contributed by atoms with E-state index in [1.807, 2.05) is 24.3 Å². The molecule has 0 spiro atoms. The highest BCUT2D eigenvalue weighted by Crippen LogP contribution is 2.22. The molecule has 34 heavy (non-hydrogen) atoms. The molecule has 1 fully saturated rings. The monoisotopic (exact) mass is 461 g/mol. The Morgan fingerprint density at radius 2 is 1.71 bits per heavy atom. The van der Waals surface area contributed by atoms with Crippen molar-refractivity contribution in [2.75, 3.05) is 17.2 Å². The third-order valence-electron chi connectivity index (χ3n) is 5.86. The number of aromatic nitrogens is 2. The molecule has 1 aliphatic heterocycles. The van der Waals surface area contributed by atoms with Gasteiger partial charge in [0.15, 0.2) is 5.82 Å². The van der Waals surface area contributed by atoms with E-state index in [0.29, 0.717) is 36.1 Å². The number of hydrogen-bond acceptors (Lipinski definition) is 4. The lowest BCUT2D eigenvalue weighted by Gasteiger charge is -2.24. The number of aromatic carboxylic acids is 1. The van der Waals surface area contributed by atoms with Crippen LogP contribution in [-0.2, 0) is 4.79 Å². The van der Waals surface area contributed by atoms with Crippen LogP contribution in [0.2, 0.25) is 0 Å². The van der Waals surface area contributed by atoms with Gasteiger partial charge in [-0.05, 0) is 60.7 Å². The van der Waals surface area contributed by atoms with Gasteiger partial charge in [-0.25, -0.2) is 14.3 Å². The van der Waals surface area contributed by atoms with E-state index in [-0.39, 0.29) is 17.5 Å². The Balaban J connectivity index is 1.38. The van der Waals surface area contributed by atoms with E-state index in [9.17, 15) is 14.4 Å². The first-order chi connectivity index (χ1) is 16.3. The molecular formula is C25H27N5O4. The minimum atomic E-state index is -1.00. The number of carbonyl (C=O) groups is 3. The number of benzene rings is 2. The zero-order valence-electron chi connectivity index (χ0n) is 19.1. The van der Waals surface area contributed by atoms with Crippen molar-refractivity contribution in [2.45, 2.75) is 38.6 Å². The normalized spacial score (nSPS) is 15.4. The van der Waals surface area contributed by atoms with Crippen LogP contribution in [0.25, 0.3) is 5.69 Å². The number of nitrogens with zero attached hydrogens (tertiary/aromatic N) is 3. The average Bonchev–Trinajstić information content (AvgIpc) is 3.49. The first-order valence-electron chi connectivity index (χ1n) is 11.2. The van der Waals surface area contributed by atoms with E-state index in [1.54, 1.807) is 34.0 Å². The van der Waals surface area contributed by atoms with Gasteiger partial charge in [-0.1, -0.05) is 26.0 Å². The highest BCUT2D eigenvalue weighted by Gasteiger charge is 2.34. The molecule has 9 nitrogen and oxygen atoms in total. The van der Waals surface area contributed by atoms with Gasteiger partial charge in [0.1, 0.15) is 6.04 Å². The Hall–Kier alpha value is -4.14. The van der Waals surface area contributed by atoms with Gasteiger partial charge in [-0.3, -0.25) is 4.79 Å². The number of urea groups is 1. The average molecular weight is 462 g/mol. The Bertz CT molecular complexity index is 1180. The molecule has 0 aliphatic carbocycles. The number of amides is 3. The number of carboxylic acids is 1. The molecule has 3 N–H and O–H groups in total. The molecule has 0 radical (unpaired) electrons. The fourth-order valence-corrected chi connectivity index (χ4v) is 3.93. The van der Waals surface area contributed by atoms with Crippen LogP contribution in [0.1, 0.15) is 48.5 Å². The second-order valence-corrected chi connectivity index (χ2v) is 8.55. The van der Waals surface area contributed by atoms with E-state index in [1.165, 1.54) is 17.7 Å². The van der Waals surface area contributed by atoms with Crippen LogP contribution in [0.15, 0.2) is 60.8 Å². The molecule has 3 amide bonds. The molecule has 1 atom stereocenters. The summed E-state index contributed by atoms with van der Waals surface area (Å²) in [7, 11) is 0. The molecule has 2 aromatic carbocycles. The predicted molar refractivity (Wildman–Crippen MR) is 128 cm³/mol. The van der Waals surface area contributed by atoms with Gasteiger partial charge in [0.25, 0.3) is 0 Å². The van der Waals surface area contributed by atoms with Crippen molar-refractivity contribution < 1.29 is 19.5 Å². The van der Waals surface area contributed by atoms with Crippen molar-refractivity contribution in [3.8, 4) is 5.69 Å². The van der Waals surface area contributed by atoms with Gasteiger partial charge < -0.3 is 20.6 Å². The summed E-state index contributed by atoms with van der Waals surface area (Å²) in [5, 5.41) is 19.0. The standard InChI is InChI=1S/C25H27N5O4/c1-16(2)17-5-9-19(10-6-17)26-25(34)29-14-3-4-21(29)23(31)27-22-13-15-30(28-22)20-11-7-18(8-12-20)24(32)33/h5-13,15-16,21H,3-4,14H2,1-2H3,(H,26,34)(H,32,33)(H,27,28,31)/t21-/m1/s1. The summed E-state index contributed by atoms with van der Waals surface area (Å²) in [6.45, 7) is 4.72. The molecule has 1 aromatic heterocycles. The summed E-state index contributed by atoms with van der Waals surface area (Å²) in [5.41, 5.74) is 2.72. The lowest BCUT2D eigenvalue weighted by atomic mass is 10.0. The van der Waals surface area contributed by atoms with Gasteiger partial charge in [-0.15, -0.1) is 0 Å². The summed E-state index contributed by atoms with van der Waals surface area (Å²) in [6.07, 6.45) is 2.98. The summed E-state index contributed by atoms with van der Waals surface area (Å²) >= 11 is 0. The van der Waals surface area contributed by atoms with Crippen LogP contribution in [-0.4, -0.2) is 50.3 Å². The maximum absolute atomic E-state index is 12.9. The second-order valence-electron chi connectivity index (χ2n) is 8.55. The van der Waals surface area contributed by atoms with E-state index in [4.69, 9.17) is 5.11 Å². The minimum absolute atomic E-state index is 0.180. The lowest BCUT2D eigenvalue weighted by Crippen LogP contribution is -2.45. The van der Waals surface area contributed by atoms with Gasteiger partial charge in [0.05, 0.1) is 11.3 Å². The molecule has 176 valence electrons. The van der Waals surface area contributed by atoms with Crippen LogP contribution >= 0.6 is 0 Å². The van der Waals surface area contributed by atoms with Crippen molar-refractivity contribution in [3.05, 3.63) is 71.9 Å².